The molecule has 0 bridgehead atoms. The summed E-state index contributed by atoms with van der Waals surface area (Å²) in [4.78, 5) is 13.8. The van der Waals surface area contributed by atoms with E-state index in [4.69, 9.17) is 4.74 Å². The summed E-state index contributed by atoms with van der Waals surface area (Å²) in [5.74, 6) is 0.369. The van der Waals surface area contributed by atoms with Crippen LogP contribution >= 0.6 is 0 Å². The van der Waals surface area contributed by atoms with Gasteiger partial charge in [-0.25, -0.2) is 0 Å². The number of carbonyl (C=O) groups excluding carboxylic acids is 1. The van der Waals surface area contributed by atoms with Crippen molar-refractivity contribution < 1.29 is 22.7 Å². The van der Waals surface area contributed by atoms with Gasteiger partial charge in [-0.3, -0.25) is 9.89 Å². The summed E-state index contributed by atoms with van der Waals surface area (Å²) in [5, 5.41) is 5.80. The summed E-state index contributed by atoms with van der Waals surface area (Å²) in [5.41, 5.74) is -0.475. The van der Waals surface area contributed by atoms with Gasteiger partial charge in [-0.2, -0.15) is 18.3 Å². The predicted octanol–water partition coefficient (Wildman–Crippen LogP) is 2.56. The first-order chi connectivity index (χ1) is 10.9. The molecule has 0 aromatic carbocycles. The van der Waals surface area contributed by atoms with E-state index < -0.39 is 11.9 Å². The Morgan fingerprint density at radius 1 is 1.39 bits per heavy atom. The van der Waals surface area contributed by atoms with Gasteiger partial charge in [0, 0.05) is 24.7 Å². The summed E-state index contributed by atoms with van der Waals surface area (Å²) in [6.07, 6.45) is -0.607. The molecule has 1 N–H and O–H groups in total. The Kier molecular flexibility index (Phi) is 4.61. The normalized spacial score (nSPS) is 22.4. The fraction of sp³-hybridized carbons (Fsp3) is 0.733. The van der Waals surface area contributed by atoms with Gasteiger partial charge >= 0.3 is 6.18 Å². The van der Waals surface area contributed by atoms with Crippen molar-refractivity contribution in [2.75, 3.05) is 26.3 Å². The molecule has 1 aromatic heterocycles. The number of hydrogen-bond donors (Lipinski definition) is 1. The molecule has 1 atom stereocenters. The van der Waals surface area contributed by atoms with Crippen LogP contribution < -0.4 is 0 Å². The first kappa shape index (κ1) is 16.3. The molecule has 1 amide bonds. The standard InChI is InChI=1S/C15H20F3N3O2/c16-15(17,18)13-6-12(19-20-13)11-2-1-5-21(7-11)14(22)9-23-8-10-3-4-10/h6,10-11H,1-5,7-9H2,(H,19,20)/t11-/m0/s1. The van der Waals surface area contributed by atoms with Gasteiger partial charge in [0.2, 0.25) is 5.91 Å². The highest BCUT2D eigenvalue weighted by molar-refractivity contribution is 5.77. The number of amides is 1. The fourth-order valence-electron chi connectivity index (χ4n) is 2.84. The lowest BCUT2D eigenvalue weighted by molar-refractivity contribution is -0.141. The second-order valence-electron chi connectivity index (χ2n) is 6.34. The smallest absolute Gasteiger partial charge is 0.371 e. The van der Waals surface area contributed by atoms with Crippen molar-refractivity contribution in [1.82, 2.24) is 15.1 Å². The molecule has 2 heterocycles. The minimum atomic E-state index is -4.45. The van der Waals surface area contributed by atoms with Crippen molar-refractivity contribution in [3.63, 3.8) is 0 Å². The number of nitrogens with zero attached hydrogens (tertiary/aromatic N) is 2. The van der Waals surface area contributed by atoms with Crippen molar-refractivity contribution in [2.24, 2.45) is 5.92 Å². The zero-order valence-corrected chi connectivity index (χ0v) is 12.7. The van der Waals surface area contributed by atoms with E-state index in [1.807, 2.05) is 0 Å². The van der Waals surface area contributed by atoms with Crippen molar-refractivity contribution in [3.8, 4) is 0 Å². The summed E-state index contributed by atoms with van der Waals surface area (Å²) >= 11 is 0. The van der Waals surface area contributed by atoms with Crippen LogP contribution in [-0.2, 0) is 15.7 Å². The lowest BCUT2D eigenvalue weighted by Crippen LogP contribution is -2.41. The molecule has 1 saturated heterocycles. The molecule has 0 spiro atoms. The molecule has 1 saturated carbocycles. The molecule has 2 aliphatic rings. The number of rotatable bonds is 5. The highest BCUT2D eigenvalue weighted by atomic mass is 19.4. The quantitative estimate of drug-likeness (QED) is 0.902. The molecule has 2 fully saturated rings. The third-order valence-corrected chi connectivity index (χ3v) is 4.38. The number of piperidine rings is 1. The first-order valence-corrected chi connectivity index (χ1v) is 7.91. The number of hydrogen-bond acceptors (Lipinski definition) is 3. The van der Waals surface area contributed by atoms with Gasteiger partial charge in [-0.05, 0) is 37.7 Å². The highest BCUT2D eigenvalue weighted by Gasteiger charge is 2.35. The van der Waals surface area contributed by atoms with E-state index in [9.17, 15) is 18.0 Å². The molecule has 0 unspecified atom stereocenters. The average Bonchev–Trinajstić information content (AvgIpc) is 3.18. The summed E-state index contributed by atoms with van der Waals surface area (Å²) in [6.45, 7) is 1.71. The number of nitrogens with one attached hydrogen (secondary N) is 1. The van der Waals surface area contributed by atoms with E-state index in [-0.39, 0.29) is 18.4 Å². The van der Waals surface area contributed by atoms with E-state index in [1.165, 1.54) is 12.8 Å². The molecule has 3 rings (SSSR count). The average molecular weight is 331 g/mol. The molecule has 8 heteroatoms. The third kappa shape index (κ3) is 4.25. The Hall–Kier alpha value is -1.57. The fourth-order valence-corrected chi connectivity index (χ4v) is 2.84. The van der Waals surface area contributed by atoms with Crippen LogP contribution in [0.4, 0.5) is 13.2 Å². The Balaban J connectivity index is 1.54. The van der Waals surface area contributed by atoms with E-state index in [0.717, 1.165) is 18.9 Å². The Labute approximate surface area is 132 Å². The van der Waals surface area contributed by atoms with Crippen molar-refractivity contribution in [2.45, 2.75) is 37.8 Å². The first-order valence-electron chi connectivity index (χ1n) is 7.91. The van der Waals surface area contributed by atoms with Gasteiger partial charge in [0.25, 0.3) is 0 Å². The maximum Gasteiger partial charge on any atom is 0.435 e. The van der Waals surface area contributed by atoms with Gasteiger partial charge in [0.1, 0.15) is 6.61 Å². The van der Waals surface area contributed by atoms with E-state index in [0.29, 0.717) is 31.3 Å². The van der Waals surface area contributed by atoms with E-state index in [2.05, 4.69) is 10.2 Å². The molecule has 1 aliphatic heterocycles. The zero-order valence-electron chi connectivity index (χ0n) is 12.7. The third-order valence-electron chi connectivity index (χ3n) is 4.38. The van der Waals surface area contributed by atoms with Crippen molar-refractivity contribution in [1.29, 1.82) is 0 Å². The lowest BCUT2D eigenvalue weighted by Gasteiger charge is -2.32. The second kappa shape index (κ2) is 6.51. The molecular formula is C15H20F3N3O2. The maximum atomic E-state index is 12.6. The van der Waals surface area contributed by atoms with E-state index >= 15 is 0 Å². The van der Waals surface area contributed by atoms with Gasteiger partial charge < -0.3 is 9.64 Å². The van der Waals surface area contributed by atoms with Gasteiger partial charge in [-0.15, -0.1) is 0 Å². The van der Waals surface area contributed by atoms with Crippen LogP contribution in [-0.4, -0.2) is 47.3 Å². The van der Waals surface area contributed by atoms with Crippen LogP contribution in [0.1, 0.15) is 43.0 Å². The van der Waals surface area contributed by atoms with Gasteiger partial charge in [-0.1, -0.05) is 0 Å². The highest BCUT2D eigenvalue weighted by Crippen LogP contribution is 2.32. The summed E-state index contributed by atoms with van der Waals surface area (Å²) < 4.78 is 43.3. The molecule has 1 aliphatic carbocycles. The maximum absolute atomic E-state index is 12.6. The van der Waals surface area contributed by atoms with E-state index in [1.54, 1.807) is 4.90 Å². The van der Waals surface area contributed by atoms with Gasteiger partial charge in [0.15, 0.2) is 5.69 Å². The molecule has 1 aromatic rings. The Bertz CT molecular complexity index is 554. The lowest BCUT2D eigenvalue weighted by atomic mass is 9.94. The van der Waals surface area contributed by atoms with Gasteiger partial charge in [0.05, 0.1) is 6.61 Å². The number of likely N-dealkylation sites (tertiary alicyclic amines) is 1. The molecule has 128 valence electrons. The van der Waals surface area contributed by atoms with Crippen LogP contribution in [0.2, 0.25) is 0 Å². The van der Waals surface area contributed by atoms with Crippen molar-refractivity contribution >= 4 is 5.91 Å². The number of ether oxygens (including phenoxy) is 1. The Morgan fingerprint density at radius 3 is 2.83 bits per heavy atom. The molecular weight excluding hydrogens is 311 g/mol. The van der Waals surface area contributed by atoms with Crippen LogP contribution in [0.15, 0.2) is 6.07 Å². The summed E-state index contributed by atoms with van der Waals surface area (Å²) in [6, 6.07) is 1.04. The predicted molar refractivity (Wildman–Crippen MR) is 75.7 cm³/mol. The number of halogens is 3. The number of alkyl halides is 3. The largest absolute Gasteiger partial charge is 0.435 e. The SMILES string of the molecule is O=C(COCC1CC1)N1CCC[C@H](c2cc(C(F)(F)F)n[nH]2)C1. The summed E-state index contributed by atoms with van der Waals surface area (Å²) in [7, 11) is 0. The molecule has 5 nitrogen and oxygen atoms in total. The van der Waals surface area contributed by atoms with Crippen LogP contribution in [0.3, 0.4) is 0 Å². The topological polar surface area (TPSA) is 58.2 Å². The van der Waals surface area contributed by atoms with Crippen molar-refractivity contribution in [3.05, 3.63) is 17.5 Å². The Morgan fingerprint density at radius 2 is 2.17 bits per heavy atom. The second-order valence-corrected chi connectivity index (χ2v) is 6.34. The van der Waals surface area contributed by atoms with Crippen LogP contribution in [0.25, 0.3) is 0 Å². The minimum Gasteiger partial charge on any atom is -0.371 e. The van der Waals surface area contributed by atoms with Crippen LogP contribution in [0, 0.1) is 5.92 Å². The minimum absolute atomic E-state index is 0.0556. The molecule has 23 heavy (non-hydrogen) atoms. The van der Waals surface area contributed by atoms with Crippen LogP contribution in [0.5, 0.6) is 0 Å². The number of aromatic amines is 1. The molecule has 0 radical (unpaired) electrons. The number of carbonyl (C=O) groups is 1. The number of H-pyrrole nitrogens is 1. The monoisotopic (exact) mass is 331 g/mol. The zero-order chi connectivity index (χ0) is 16.4. The number of aromatic nitrogens is 2.